The highest BCUT2D eigenvalue weighted by Crippen LogP contribution is 2.50. The third-order valence-electron chi connectivity index (χ3n) is 6.55. The predicted molar refractivity (Wildman–Crippen MR) is 113 cm³/mol. The monoisotopic (exact) mass is 472 g/mol. The first kappa shape index (κ1) is 23.4. The second kappa shape index (κ2) is 7.35. The number of aromatic hydroxyl groups is 1. The van der Waals surface area contributed by atoms with E-state index < -0.39 is 63.3 Å². The average molecular weight is 472 g/mol. The molecule has 0 spiro atoms. The van der Waals surface area contributed by atoms with Gasteiger partial charge >= 0.3 is 5.97 Å². The van der Waals surface area contributed by atoms with E-state index in [1.54, 1.807) is 0 Å². The quantitative estimate of drug-likeness (QED) is 0.456. The number of hydrogen-bond acceptors (Lipinski definition) is 10. The number of aromatic carboxylic acids is 1. The number of ether oxygens (including phenoxy) is 3. The van der Waals surface area contributed by atoms with Gasteiger partial charge in [-0.15, -0.1) is 0 Å². The highest BCUT2D eigenvalue weighted by atomic mass is 16.5. The second-order valence-electron chi connectivity index (χ2n) is 7.96. The lowest BCUT2D eigenvalue weighted by Gasteiger charge is -2.49. The van der Waals surface area contributed by atoms with Crippen molar-refractivity contribution >= 4 is 34.1 Å². The maximum Gasteiger partial charge on any atom is 0.339 e. The van der Waals surface area contributed by atoms with Gasteiger partial charge in [0, 0.05) is 24.1 Å². The van der Waals surface area contributed by atoms with Crippen LogP contribution in [0.15, 0.2) is 24.0 Å². The number of carbonyl (C=O) groups excluding carboxylic acids is 3. The van der Waals surface area contributed by atoms with Crippen LogP contribution in [-0.2, 0) is 14.3 Å². The van der Waals surface area contributed by atoms with Gasteiger partial charge in [0.2, 0.25) is 28.6 Å². The summed E-state index contributed by atoms with van der Waals surface area (Å²) >= 11 is 0. The number of aliphatic hydroxyl groups excluding tert-OH is 1. The molecule has 0 saturated carbocycles. The second-order valence-corrected chi connectivity index (χ2v) is 7.96. The first-order chi connectivity index (χ1) is 15.9. The molecule has 2 aliphatic rings. The predicted octanol–water partition coefficient (Wildman–Crippen LogP) is 0.530. The van der Waals surface area contributed by atoms with Gasteiger partial charge in [0.1, 0.15) is 22.8 Å². The van der Waals surface area contributed by atoms with Gasteiger partial charge in [-0.1, -0.05) is 0 Å². The number of Topliss-reactive ketones (excluding diaryl/α,β-unsaturated/α-hetero) is 2. The smallest absolute Gasteiger partial charge is 0.339 e. The van der Waals surface area contributed by atoms with Crippen LogP contribution < -0.4 is 4.74 Å². The summed E-state index contributed by atoms with van der Waals surface area (Å²) in [4.78, 5) is 52.1. The van der Waals surface area contributed by atoms with Gasteiger partial charge in [0.05, 0.1) is 19.8 Å². The van der Waals surface area contributed by atoms with Gasteiger partial charge in [0.25, 0.3) is 0 Å². The number of carbonyl (C=O) groups is 4. The number of phenols is 1. The lowest BCUT2D eigenvalue weighted by Crippen LogP contribution is -2.77. The summed E-state index contributed by atoms with van der Waals surface area (Å²) in [7, 11) is 3.23. The Balaban J connectivity index is 2.16. The Kier molecular flexibility index (Phi) is 5.05. The number of fused-ring (bicyclic) bond motifs is 3. The zero-order valence-electron chi connectivity index (χ0n) is 18.5. The number of benzene rings is 2. The number of hydrogen-bond donors (Lipinski definition) is 4. The van der Waals surface area contributed by atoms with Crippen LogP contribution in [0.1, 0.15) is 36.6 Å². The minimum atomic E-state index is -3.11. The minimum Gasteiger partial charge on any atom is -0.507 e. The maximum atomic E-state index is 13.7. The molecule has 0 bridgehead atoms. The molecule has 2 aromatic rings. The molecule has 34 heavy (non-hydrogen) atoms. The largest absolute Gasteiger partial charge is 0.507 e. The summed E-state index contributed by atoms with van der Waals surface area (Å²) in [6.45, 7) is 1.38. The number of carboxylic acid groups (broad SMARTS) is 1. The molecule has 0 amide bonds. The Hall–Kier alpha value is -3.80. The highest BCUT2D eigenvalue weighted by molar-refractivity contribution is 6.35. The molecule has 178 valence electrons. The third kappa shape index (κ3) is 2.45. The van der Waals surface area contributed by atoms with Crippen LogP contribution in [-0.4, -0.2) is 82.4 Å². The van der Waals surface area contributed by atoms with Crippen LogP contribution in [0, 0.1) is 6.92 Å². The molecular weight excluding hydrogens is 452 g/mol. The molecule has 11 heteroatoms. The number of aryl methyl sites for hydroxylation is 1. The molecule has 2 aromatic carbocycles. The van der Waals surface area contributed by atoms with E-state index in [0.717, 1.165) is 26.4 Å². The van der Waals surface area contributed by atoms with E-state index in [1.165, 1.54) is 20.1 Å². The number of ketones is 3. The van der Waals surface area contributed by atoms with Gasteiger partial charge in [0.15, 0.2) is 6.10 Å². The number of phenolic OH excluding ortho intramolecular Hbond substituents is 1. The number of carboxylic acids is 1. The summed E-state index contributed by atoms with van der Waals surface area (Å²) in [5, 5.41) is 43.0. The zero-order valence-corrected chi connectivity index (χ0v) is 18.5. The highest BCUT2D eigenvalue weighted by Gasteiger charge is 2.74. The van der Waals surface area contributed by atoms with Crippen molar-refractivity contribution in [3.05, 3.63) is 46.2 Å². The van der Waals surface area contributed by atoms with Crippen molar-refractivity contribution < 1.29 is 53.8 Å². The summed E-state index contributed by atoms with van der Waals surface area (Å²) in [6.07, 6.45) is -1.42. The zero-order chi connectivity index (χ0) is 25.3. The fourth-order valence-corrected chi connectivity index (χ4v) is 4.92. The van der Waals surface area contributed by atoms with Gasteiger partial charge < -0.3 is 34.6 Å². The molecular formula is C23H20O11. The normalized spacial score (nSPS) is 26.1. The van der Waals surface area contributed by atoms with Gasteiger partial charge in [-0.05, 0) is 30.0 Å². The third-order valence-corrected chi connectivity index (χ3v) is 6.55. The summed E-state index contributed by atoms with van der Waals surface area (Å²) in [6, 6.07) is 2.39. The van der Waals surface area contributed by atoms with Crippen LogP contribution in [0.3, 0.4) is 0 Å². The lowest BCUT2D eigenvalue weighted by atomic mass is 9.60. The SMILES string of the molecule is COC1=CC(=O)C2(OC)C(=O)c3c(cc4cc(OC)c(C(=O)O)c(C)c4c3O)C(=O)C2(O)C1O. The molecule has 0 saturated heterocycles. The molecule has 0 radical (unpaired) electrons. The van der Waals surface area contributed by atoms with E-state index in [0.29, 0.717) is 0 Å². The van der Waals surface area contributed by atoms with Crippen molar-refractivity contribution in [3.63, 3.8) is 0 Å². The fraction of sp³-hybridized carbons (Fsp3) is 0.304. The fourth-order valence-electron chi connectivity index (χ4n) is 4.92. The number of methoxy groups -OCH3 is 3. The average Bonchev–Trinajstić information content (AvgIpc) is 2.79. The lowest BCUT2D eigenvalue weighted by molar-refractivity contribution is -0.180. The Morgan fingerprint density at radius 1 is 1.06 bits per heavy atom. The number of aliphatic hydroxyl groups is 2. The molecule has 0 heterocycles. The van der Waals surface area contributed by atoms with Crippen LogP contribution in [0.2, 0.25) is 0 Å². The minimum absolute atomic E-state index is 0.0336. The molecule has 2 aliphatic carbocycles. The molecule has 4 rings (SSSR count). The number of rotatable bonds is 4. The Labute approximate surface area is 191 Å². The van der Waals surface area contributed by atoms with E-state index in [9.17, 15) is 39.6 Å². The molecule has 11 nitrogen and oxygen atoms in total. The summed E-state index contributed by atoms with van der Waals surface area (Å²) in [5.74, 6) is -6.41. The Morgan fingerprint density at radius 3 is 2.24 bits per heavy atom. The summed E-state index contributed by atoms with van der Waals surface area (Å²) < 4.78 is 15.2. The van der Waals surface area contributed by atoms with Gasteiger partial charge in [-0.2, -0.15) is 0 Å². The Morgan fingerprint density at radius 2 is 1.71 bits per heavy atom. The molecule has 3 atom stereocenters. The molecule has 0 fully saturated rings. The molecule has 0 aliphatic heterocycles. The first-order valence-corrected chi connectivity index (χ1v) is 9.89. The van der Waals surface area contributed by atoms with Gasteiger partial charge in [-0.3, -0.25) is 14.4 Å². The standard InChI is InChI=1S/C23H20O11/c1-8-14-9(6-11(32-2)15(8)21(29)30)5-10-16(17(14)25)20(28)23(34-4)13(24)7-12(33-3)19(27)22(23,31)18(10)26/h5-7,19,25,27,31H,1-4H3,(H,29,30). The maximum absolute atomic E-state index is 13.7. The Bertz CT molecular complexity index is 1350. The van der Waals surface area contributed by atoms with Crippen molar-refractivity contribution in [2.45, 2.75) is 24.2 Å². The van der Waals surface area contributed by atoms with Crippen molar-refractivity contribution in [2.75, 3.05) is 21.3 Å². The van der Waals surface area contributed by atoms with Crippen LogP contribution in [0.5, 0.6) is 11.5 Å². The van der Waals surface area contributed by atoms with Crippen LogP contribution in [0.4, 0.5) is 0 Å². The van der Waals surface area contributed by atoms with E-state index in [4.69, 9.17) is 14.2 Å². The van der Waals surface area contributed by atoms with Crippen LogP contribution in [0.25, 0.3) is 10.8 Å². The van der Waals surface area contributed by atoms with Crippen molar-refractivity contribution in [3.8, 4) is 11.5 Å². The topological polar surface area (TPSA) is 177 Å². The molecule has 4 N–H and O–H groups in total. The van der Waals surface area contributed by atoms with E-state index in [-0.39, 0.29) is 27.6 Å². The van der Waals surface area contributed by atoms with Crippen molar-refractivity contribution in [1.82, 2.24) is 0 Å². The molecule has 3 unspecified atom stereocenters. The van der Waals surface area contributed by atoms with Crippen LogP contribution >= 0.6 is 0 Å². The van der Waals surface area contributed by atoms with E-state index >= 15 is 0 Å². The van der Waals surface area contributed by atoms with E-state index in [1.807, 2.05) is 0 Å². The molecule has 0 aromatic heterocycles. The van der Waals surface area contributed by atoms with Gasteiger partial charge in [-0.25, -0.2) is 4.79 Å². The summed E-state index contributed by atoms with van der Waals surface area (Å²) in [5.41, 5.74) is -7.42. The first-order valence-electron chi connectivity index (χ1n) is 9.89. The van der Waals surface area contributed by atoms with E-state index in [2.05, 4.69) is 0 Å². The van der Waals surface area contributed by atoms with Crippen molar-refractivity contribution in [2.24, 2.45) is 0 Å². The van der Waals surface area contributed by atoms with Crippen molar-refractivity contribution in [1.29, 1.82) is 0 Å².